The first-order chi connectivity index (χ1) is 10.8. The average Bonchev–Trinajstić information content (AvgIpc) is 2.96. The van der Waals surface area contributed by atoms with Crippen molar-refractivity contribution in [2.75, 3.05) is 0 Å². The third-order valence-electron chi connectivity index (χ3n) is 3.92. The molecule has 1 N–H and O–H groups in total. The second-order valence-electron chi connectivity index (χ2n) is 5.48. The van der Waals surface area contributed by atoms with Crippen LogP contribution in [0.1, 0.15) is 23.8 Å². The summed E-state index contributed by atoms with van der Waals surface area (Å²) in [4.78, 5) is 26.0. The van der Waals surface area contributed by atoms with Crippen LogP contribution in [0.2, 0.25) is 5.02 Å². The molecule has 3 rings (SSSR count). The van der Waals surface area contributed by atoms with E-state index in [1.54, 1.807) is 6.92 Å². The highest BCUT2D eigenvalue weighted by Gasteiger charge is 2.50. The van der Waals surface area contributed by atoms with E-state index in [1.807, 2.05) is 0 Å². The number of rotatable bonds is 3. The summed E-state index contributed by atoms with van der Waals surface area (Å²) in [5.74, 6) is -0.466. The average molecular weight is 338 g/mol. The van der Waals surface area contributed by atoms with Gasteiger partial charge in [0.1, 0.15) is 17.1 Å². The summed E-state index contributed by atoms with van der Waals surface area (Å²) >= 11 is 6.04. The monoisotopic (exact) mass is 337 g/mol. The fraction of sp³-hybridized carbons (Fsp3) is 0.267. The van der Waals surface area contributed by atoms with Gasteiger partial charge in [-0.05, 0) is 26.0 Å². The van der Waals surface area contributed by atoms with Gasteiger partial charge in [0.25, 0.3) is 5.91 Å². The zero-order chi connectivity index (χ0) is 16.8. The summed E-state index contributed by atoms with van der Waals surface area (Å²) in [7, 11) is 0. The largest absolute Gasteiger partial charge is 0.361 e. The number of amides is 3. The van der Waals surface area contributed by atoms with E-state index >= 15 is 0 Å². The van der Waals surface area contributed by atoms with Crippen molar-refractivity contribution in [1.29, 1.82) is 0 Å². The van der Waals surface area contributed by atoms with Crippen LogP contribution in [-0.2, 0) is 16.9 Å². The first-order valence-corrected chi connectivity index (χ1v) is 7.20. The predicted octanol–water partition coefficient (Wildman–Crippen LogP) is 2.74. The molecule has 1 aliphatic rings. The molecule has 8 heteroatoms. The maximum Gasteiger partial charge on any atom is 0.325 e. The van der Waals surface area contributed by atoms with E-state index in [4.69, 9.17) is 16.1 Å². The number of imide groups is 1. The Bertz CT molecular complexity index is 807. The summed E-state index contributed by atoms with van der Waals surface area (Å²) < 4.78 is 18.2. The maximum absolute atomic E-state index is 13.2. The number of nitrogens with one attached hydrogen (secondary N) is 1. The van der Waals surface area contributed by atoms with Crippen molar-refractivity contribution >= 4 is 23.5 Å². The number of hydrogen-bond acceptors (Lipinski definition) is 4. The van der Waals surface area contributed by atoms with Crippen LogP contribution in [0.3, 0.4) is 0 Å². The number of carbonyl (C=O) groups is 2. The van der Waals surface area contributed by atoms with Crippen molar-refractivity contribution in [1.82, 2.24) is 15.4 Å². The minimum absolute atomic E-state index is 0.0361. The number of nitrogens with zero attached hydrogens (tertiary/aromatic N) is 2. The van der Waals surface area contributed by atoms with E-state index in [0.717, 1.165) is 11.0 Å². The summed E-state index contributed by atoms with van der Waals surface area (Å²) in [6, 6.07) is 3.13. The first kappa shape index (κ1) is 15.5. The topological polar surface area (TPSA) is 75.4 Å². The van der Waals surface area contributed by atoms with Gasteiger partial charge < -0.3 is 9.84 Å². The molecule has 1 atom stereocenters. The van der Waals surface area contributed by atoms with Crippen LogP contribution >= 0.6 is 11.6 Å². The van der Waals surface area contributed by atoms with Crippen molar-refractivity contribution in [2.45, 2.75) is 25.9 Å². The van der Waals surface area contributed by atoms with Gasteiger partial charge in [0.05, 0.1) is 12.7 Å². The van der Waals surface area contributed by atoms with Crippen LogP contribution in [0, 0.1) is 12.7 Å². The molecule has 2 aromatic rings. The van der Waals surface area contributed by atoms with E-state index in [0.29, 0.717) is 16.9 Å². The van der Waals surface area contributed by atoms with Crippen molar-refractivity contribution in [3.8, 4) is 0 Å². The highest BCUT2D eigenvalue weighted by molar-refractivity contribution is 6.32. The van der Waals surface area contributed by atoms with E-state index in [1.165, 1.54) is 25.3 Å². The molecular formula is C15H13ClFN3O3. The smallest absolute Gasteiger partial charge is 0.325 e. The minimum atomic E-state index is -1.35. The van der Waals surface area contributed by atoms with Crippen LogP contribution in [0.5, 0.6) is 0 Å². The molecule has 0 spiro atoms. The molecule has 2 heterocycles. The molecule has 23 heavy (non-hydrogen) atoms. The van der Waals surface area contributed by atoms with Crippen LogP contribution in [0.25, 0.3) is 0 Å². The van der Waals surface area contributed by atoms with Gasteiger partial charge >= 0.3 is 6.03 Å². The Morgan fingerprint density at radius 1 is 1.43 bits per heavy atom. The quantitative estimate of drug-likeness (QED) is 0.874. The lowest BCUT2D eigenvalue weighted by Crippen LogP contribution is -2.41. The van der Waals surface area contributed by atoms with Gasteiger partial charge in [0, 0.05) is 16.1 Å². The number of aromatic nitrogens is 1. The van der Waals surface area contributed by atoms with Gasteiger partial charge in [0.2, 0.25) is 0 Å². The summed E-state index contributed by atoms with van der Waals surface area (Å²) in [6.45, 7) is 3.26. The first-order valence-electron chi connectivity index (χ1n) is 6.82. The Kier molecular flexibility index (Phi) is 3.60. The van der Waals surface area contributed by atoms with Gasteiger partial charge in [-0.1, -0.05) is 22.8 Å². The van der Waals surface area contributed by atoms with E-state index in [-0.39, 0.29) is 11.6 Å². The number of benzene rings is 1. The molecule has 0 aliphatic carbocycles. The molecule has 1 aromatic heterocycles. The Morgan fingerprint density at radius 2 is 2.17 bits per heavy atom. The molecule has 1 fully saturated rings. The van der Waals surface area contributed by atoms with Gasteiger partial charge in [-0.3, -0.25) is 9.69 Å². The van der Waals surface area contributed by atoms with Crippen LogP contribution < -0.4 is 5.32 Å². The maximum atomic E-state index is 13.2. The number of halogens is 2. The van der Waals surface area contributed by atoms with Gasteiger partial charge in [-0.2, -0.15) is 0 Å². The second-order valence-corrected chi connectivity index (χ2v) is 5.89. The Hall–Kier alpha value is -2.41. The molecule has 1 saturated heterocycles. The second kappa shape index (κ2) is 5.34. The minimum Gasteiger partial charge on any atom is -0.361 e. The molecular weight excluding hydrogens is 325 g/mol. The van der Waals surface area contributed by atoms with Crippen molar-refractivity contribution < 1.29 is 18.5 Å². The molecule has 0 radical (unpaired) electrons. The molecule has 120 valence electrons. The standard InChI is InChI=1S/C15H13ClFN3O3/c1-8-9(6-18-23-8)7-20-13(21)15(2,19-14(20)22)11-4-3-10(17)5-12(11)16/h3-6H,7H2,1-2H3,(H,19,22). The lowest BCUT2D eigenvalue weighted by molar-refractivity contribution is -0.131. The van der Waals surface area contributed by atoms with Crippen molar-refractivity contribution in [3.05, 3.63) is 52.1 Å². The van der Waals surface area contributed by atoms with Crippen molar-refractivity contribution in [2.24, 2.45) is 0 Å². The van der Waals surface area contributed by atoms with Crippen LogP contribution in [-0.4, -0.2) is 22.0 Å². The highest BCUT2D eigenvalue weighted by atomic mass is 35.5. The molecule has 1 aliphatic heterocycles. The van der Waals surface area contributed by atoms with Gasteiger partial charge in [0.15, 0.2) is 0 Å². The fourth-order valence-corrected chi connectivity index (χ4v) is 2.92. The van der Waals surface area contributed by atoms with E-state index in [9.17, 15) is 14.0 Å². The van der Waals surface area contributed by atoms with Gasteiger partial charge in [-0.15, -0.1) is 0 Å². The van der Waals surface area contributed by atoms with Gasteiger partial charge in [-0.25, -0.2) is 9.18 Å². The molecule has 0 bridgehead atoms. The van der Waals surface area contributed by atoms with Crippen LogP contribution in [0.15, 0.2) is 28.9 Å². The third-order valence-corrected chi connectivity index (χ3v) is 4.24. The predicted molar refractivity (Wildman–Crippen MR) is 79.1 cm³/mol. The highest BCUT2D eigenvalue weighted by Crippen LogP contribution is 2.34. The number of aryl methyl sites for hydroxylation is 1. The molecule has 3 amide bonds. The Balaban J connectivity index is 1.95. The fourth-order valence-electron chi connectivity index (χ4n) is 2.56. The summed E-state index contributed by atoms with van der Waals surface area (Å²) in [6.07, 6.45) is 1.45. The zero-order valence-corrected chi connectivity index (χ0v) is 13.1. The third kappa shape index (κ3) is 2.46. The van der Waals surface area contributed by atoms with Crippen LogP contribution in [0.4, 0.5) is 9.18 Å². The number of carbonyl (C=O) groups excluding carboxylic acids is 2. The lowest BCUT2D eigenvalue weighted by atomic mass is 9.92. The normalized spacial score (nSPS) is 21.0. The SMILES string of the molecule is Cc1oncc1CN1C(=O)NC(C)(c2ccc(F)cc2Cl)C1=O. The molecule has 1 unspecified atom stereocenters. The Labute approximate surface area is 136 Å². The van der Waals surface area contributed by atoms with E-state index in [2.05, 4.69) is 10.5 Å². The van der Waals surface area contributed by atoms with E-state index < -0.39 is 23.3 Å². The van der Waals surface area contributed by atoms with Crippen molar-refractivity contribution in [3.63, 3.8) is 0 Å². The molecule has 0 saturated carbocycles. The lowest BCUT2D eigenvalue weighted by Gasteiger charge is -2.23. The zero-order valence-electron chi connectivity index (χ0n) is 12.4. The molecule has 6 nitrogen and oxygen atoms in total. The number of hydrogen-bond donors (Lipinski definition) is 1. The summed E-state index contributed by atoms with van der Waals surface area (Å²) in [5, 5.41) is 6.32. The number of urea groups is 1. The summed E-state index contributed by atoms with van der Waals surface area (Å²) in [5.41, 5.74) is -0.390. The Morgan fingerprint density at radius 3 is 2.78 bits per heavy atom. The molecule has 1 aromatic carbocycles.